The molecule has 0 saturated heterocycles. The third kappa shape index (κ3) is 87.7. The molecule has 672 valence electrons. The molecule has 3 N–H and O–H groups in total. The summed E-state index contributed by atoms with van der Waals surface area (Å²) < 4.78 is 69.2. The minimum absolute atomic E-state index is 0.108. The molecule has 0 aliphatic heterocycles. The molecule has 19 heteroatoms. The number of phosphoric ester groups is 2. The molecular weight excluding hydrogens is 1460 g/mol. The second-order valence-electron chi connectivity index (χ2n) is 34.7. The Kier molecular flexibility index (Phi) is 83.6. The average Bonchev–Trinajstić information content (AvgIpc) is 0.899. The summed E-state index contributed by atoms with van der Waals surface area (Å²) in [6.45, 7) is 9.78. The number of aliphatic hydroxyl groups excluding tert-OH is 1. The van der Waals surface area contributed by atoms with Crippen molar-refractivity contribution in [1.82, 2.24) is 0 Å². The summed E-state index contributed by atoms with van der Waals surface area (Å²) >= 11 is 0. The van der Waals surface area contributed by atoms with E-state index in [4.69, 9.17) is 37.0 Å². The van der Waals surface area contributed by atoms with Gasteiger partial charge in [-0.05, 0) is 37.5 Å². The van der Waals surface area contributed by atoms with Gasteiger partial charge in [0.25, 0.3) is 0 Å². The number of hydrogen-bond donors (Lipinski definition) is 3. The first-order valence-corrected chi connectivity index (χ1v) is 51.5. The number of esters is 4. The molecule has 0 amide bonds. The van der Waals surface area contributed by atoms with Gasteiger partial charge in [0, 0.05) is 25.7 Å². The predicted octanol–water partition coefficient (Wildman–Crippen LogP) is 29.4. The van der Waals surface area contributed by atoms with E-state index in [2.05, 4.69) is 41.5 Å². The summed E-state index contributed by atoms with van der Waals surface area (Å²) in [6, 6.07) is 0. The summed E-state index contributed by atoms with van der Waals surface area (Å²) in [5.41, 5.74) is 0. The highest BCUT2D eigenvalue weighted by Gasteiger charge is 2.31. The van der Waals surface area contributed by atoms with Crippen molar-refractivity contribution in [3.63, 3.8) is 0 Å². The van der Waals surface area contributed by atoms with E-state index in [1.807, 2.05) is 0 Å². The maximum Gasteiger partial charge on any atom is 0.472 e. The third-order valence-electron chi connectivity index (χ3n) is 22.2. The molecule has 0 aromatic carbocycles. The third-order valence-corrected chi connectivity index (χ3v) is 24.1. The van der Waals surface area contributed by atoms with Crippen LogP contribution in [0.5, 0.6) is 0 Å². The number of unbranched alkanes of at least 4 members (excludes halogenated alkanes) is 63. The van der Waals surface area contributed by atoms with E-state index >= 15 is 0 Å². The van der Waals surface area contributed by atoms with Crippen LogP contribution in [0.2, 0.25) is 0 Å². The van der Waals surface area contributed by atoms with Crippen LogP contribution in [0.25, 0.3) is 0 Å². The largest absolute Gasteiger partial charge is 0.472 e. The van der Waals surface area contributed by atoms with E-state index in [-0.39, 0.29) is 25.7 Å². The lowest BCUT2D eigenvalue weighted by atomic mass is 10.0. The number of aliphatic hydroxyl groups is 1. The molecule has 0 aliphatic rings. The lowest BCUT2D eigenvalue weighted by molar-refractivity contribution is -0.161. The van der Waals surface area contributed by atoms with Crippen molar-refractivity contribution >= 4 is 39.5 Å². The van der Waals surface area contributed by atoms with Crippen LogP contribution >= 0.6 is 15.6 Å². The molecule has 0 aliphatic carbocycles. The molecule has 17 nitrogen and oxygen atoms in total. The molecule has 113 heavy (non-hydrogen) atoms. The smallest absolute Gasteiger partial charge is 0.462 e. The fraction of sp³-hybridized carbons (Fsp3) is 0.957. The van der Waals surface area contributed by atoms with Crippen LogP contribution in [-0.2, 0) is 65.4 Å². The monoisotopic (exact) mass is 1650 g/mol. The van der Waals surface area contributed by atoms with Crippen molar-refractivity contribution in [2.24, 2.45) is 11.8 Å². The van der Waals surface area contributed by atoms with Gasteiger partial charge < -0.3 is 33.8 Å². The van der Waals surface area contributed by atoms with Crippen molar-refractivity contribution in [3.05, 3.63) is 0 Å². The van der Waals surface area contributed by atoms with Crippen molar-refractivity contribution in [1.29, 1.82) is 0 Å². The second kappa shape index (κ2) is 85.1. The Balaban J connectivity index is 5.25. The minimum Gasteiger partial charge on any atom is -0.462 e. The van der Waals surface area contributed by atoms with Crippen molar-refractivity contribution in [2.45, 2.75) is 529 Å². The van der Waals surface area contributed by atoms with Crippen LogP contribution in [0.15, 0.2) is 0 Å². The van der Waals surface area contributed by atoms with Crippen LogP contribution in [0.1, 0.15) is 510 Å². The van der Waals surface area contributed by atoms with E-state index in [0.717, 1.165) is 102 Å². The van der Waals surface area contributed by atoms with E-state index in [1.165, 1.54) is 327 Å². The van der Waals surface area contributed by atoms with Crippen molar-refractivity contribution in [3.8, 4) is 0 Å². The van der Waals surface area contributed by atoms with Gasteiger partial charge in [0.15, 0.2) is 12.2 Å². The van der Waals surface area contributed by atoms with E-state index in [0.29, 0.717) is 25.7 Å². The molecule has 0 aromatic heterocycles. The lowest BCUT2D eigenvalue weighted by Gasteiger charge is -2.21. The minimum atomic E-state index is -4.97. The molecular formula is C94H184O17P2. The lowest BCUT2D eigenvalue weighted by Crippen LogP contribution is -2.30. The Morgan fingerprint density at radius 2 is 0.407 bits per heavy atom. The molecule has 0 aromatic rings. The molecule has 0 radical (unpaired) electrons. The Morgan fingerprint density at radius 1 is 0.239 bits per heavy atom. The van der Waals surface area contributed by atoms with Crippen molar-refractivity contribution in [2.75, 3.05) is 39.6 Å². The first-order chi connectivity index (χ1) is 54.9. The van der Waals surface area contributed by atoms with Gasteiger partial charge in [0.2, 0.25) is 0 Å². The van der Waals surface area contributed by atoms with Crippen LogP contribution < -0.4 is 0 Å². The van der Waals surface area contributed by atoms with Crippen molar-refractivity contribution < 1.29 is 80.2 Å². The summed E-state index contributed by atoms with van der Waals surface area (Å²) in [5, 5.41) is 10.7. The number of carbonyl (C=O) groups is 4. The Hall–Kier alpha value is -1.94. The topological polar surface area (TPSA) is 237 Å². The van der Waals surface area contributed by atoms with Crippen LogP contribution in [-0.4, -0.2) is 96.7 Å². The average molecular weight is 1650 g/mol. The molecule has 2 unspecified atom stereocenters. The molecule has 5 atom stereocenters. The van der Waals surface area contributed by atoms with E-state index < -0.39 is 97.5 Å². The first-order valence-electron chi connectivity index (χ1n) is 48.5. The van der Waals surface area contributed by atoms with Crippen LogP contribution in [0.4, 0.5) is 0 Å². The molecule has 0 bridgehead atoms. The Morgan fingerprint density at radius 3 is 0.602 bits per heavy atom. The van der Waals surface area contributed by atoms with Crippen LogP contribution in [0, 0.1) is 11.8 Å². The standard InChI is InChI=1S/C94H184O17P2/c1-7-9-11-13-15-17-19-21-22-23-24-25-26-27-32-35-42-48-54-60-66-72-78-93(98)110-90(83-105-92(97)77-71-65-59-53-47-41-34-31-29-28-30-33-39-44-50-56-62-68-74-86(3)4)85-109-113(102,103)107-81-88(95)80-106-112(100,101)108-84-89(82-104-91(96)76-70-64-58-52-46-38-20-18-16-14-12-10-8-2)111-94(99)79-73-67-61-55-49-43-37-36-40-45-51-57-63-69-75-87(5)6/h86-90,95H,7-85H2,1-6H3,(H,100,101)(H,102,103)/t88-,89+,90+/m0/s1. The normalized spacial score (nSPS) is 13.7. The zero-order chi connectivity index (χ0) is 82.7. The Bertz CT molecular complexity index is 2150. The second-order valence-corrected chi connectivity index (χ2v) is 37.6. The summed E-state index contributed by atoms with van der Waals surface area (Å²) in [7, 11) is -9.94. The highest BCUT2D eigenvalue weighted by Crippen LogP contribution is 2.45. The number of hydrogen-bond acceptors (Lipinski definition) is 15. The van der Waals surface area contributed by atoms with Gasteiger partial charge in [-0.3, -0.25) is 37.3 Å². The fourth-order valence-electron chi connectivity index (χ4n) is 14.8. The maximum absolute atomic E-state index is 13.2. The summed E-state index contributed by atoms with van der Waals surface area (Å²) in [5.74, 6) is -0.473. The van der Waals surface area contributed by atoms with Gasteiger partial charge in [-0.1, -0.05) is 459 Å². The zero-order valence-electron chi connectivity index (χ0n) is 74.7. The predicted molar refractivity (Wildman–Crippen MR) is 469 cm³/mol. The number of phosphoric acid groups is 2. The quantitative estimate of drug-likeness (QED) is 0.0222. The van der Waals surface area contributed by atoms with Gasteiger partial charge in [-0.15, -0.1) is 0 Å². The number of rotatable bonds is 93. The first kappa shape index (κ1) is 111. The highest BCUT2D eigenvalue weighted by molar-refractivity contribution is 7.47. The van der Waals surface area contributed by atoms with Gasteiger partial charge in [-0.2, -0.15) is 0 Å². The van der Waals surface area contributed by atoms with Gasteiger partial charge >= 0.3 is 39.5 Å². The van der Waals surface area contributed by atoms with Gasteiger partial charge in [0.1, 0.15) is 19.3 Å². The van der Waals surface area contributed by atoms with Gasteiger partial charge in [0.05, 0.1) is 26.4 Å². The van der Waals surface area contributed by atoms with E-state index in [1.54, 1.807) is 0 Å². The highest BCUT2D eigenvalue weighted by atomic mass is 31.2. The molecule has 0 fully saturated rings. The SMILES string of the molecule is CCCCCCCCCCCCCCCCCCCCCCCCC(=O)O[C@H](COC(=O)CCCCCCCCCCCCCCCCCCCCC(C)C)COP(=O)(O)OC[C@@H](O)COP(=O)(O)OC[C@@H](COC(=O)CCCCCCCCCCCCCCC)OC(=O)CCCCCCCCCCCCCCCCC(C)C. The van der Waals surface area contributed by atoms with E-state index in [9.17, 15) is 43.2 Å². The summed E-state index contributed by atoms with van der Waals surface area (Å²) in [4.78, 5) is 73.5. The molecule has 0 heterocycles. The zero-order valence-corrected chi connectivity index (χ0v) is 76.5. The molecule has 0 saturated carbocycles. The van der Waals surface area contributed by atoms with Gasteiger partial charge in [-0.25, -0.2) is 9.13 Å². The number of ether oxygens (including phenoxy) is 4. The molecule has 0 rings (SSSR count). The Labute approximate surface area is 696 Å². The van der Waals surface area contributed by atoms with Crippen LogP contribution in [0.3, 0.4) is 0 Å². The fourth-order valence-corrected chi connectivity index (χ4v) is 16.4. The maximum atomic E-state index is 13.2. The number of carbonyl (C=O) groups excluding carboxylic acids is 4. The molecule has 0 spiro atoms. The summed E-state index contributed by atoms with van der Waals surface area (Å²) in [6.07, 6.45) is 80.6.